The van der Waals surface area contributed by atoms with Crippen LogP contribution in [0, 0.1) is 5.92 Å². The Bertz CT molecular complexity index is 498. The second-order valence-electron chi connectivity index (χ2n) is 4.70. The van der Waals surface area contributed by atoms with Crippen molar-refractivity contribution in [1.82, 2.24) is 4.90 Å². The van der Waals surface area contributed by atoms with Gasteiger partial charge in [0.2, 0.25) is 6.41 Å². The van der Waals surface area contributed by atoms with E-state index in [4.69, 9.17) is 0 Å². The van der Waals surface area contributed by atoms with E-state index in [9.17, 15) is 13.2 Å². The Labute approximate surface area is 108 Å². The summed E-state index contributed by atoms with van der Waals surface area (Å²) in [4.78, 5) is 12.7. The molecule has 1 unspecified atom stereocenters. The van der Waals surface area contributed by atoms with E-state index < -0.39 is 9.84 Å². The lowest BCUT2D eigenvalue weighted by Crippen LogP contribution is -2.37. The molecule has 0 aromatic heterocycles. The number of benzene rings is 1. The second-order valence-corrected chi connectivity index (χ2v) is 6.74. The normalized spacial score (nSPS) is 20.7. The van der Waals surface area contributed by atoms with E-state index >= 15 is 0 Å². The number of likely N-dealkylation sites (tertiary alicyclic amines) is 1. The fourth-order valence-electron chi connectivity index (χ4n) is 2.36. The highest BCUT2D eigenvalue weighted by molar-refractivity contribution is 7.91. The summed E-state index contributed by atoms with van der Waals surface area (Å²) in [5.41, 5.74) is 0. The SMILES string of the molecule is O=CN1CCCC(CS(=O)(=O)c2ccccc2)C1. The molecule has 0 aliphatic carbocycles. The Kier molecular flexibility index (Phi) is 4.01. The maximum atomic E-state index is 12.2. The molecule has 4 nitrogen and oxygen atoms in total. The molecule has 0 radical (unpaired) electrons. The Hall–Kier alpha value is -1.36. The van der Waals surface area contributed by atoms with Gasteiger partial charge in [-0.2, -0.15) is 0 Å². The zero-order chi connectivity index (χ0) is 13.0. The Morgan fingerprint density at radius 2 is 2.00 bits per heavy atom. The number of carbonyl (C=O) groups excluding carboxylic acids is 1. The van der Waals surface area contributed by atoms with Crippen LogP contribution in [-0.2, 0) is 14.6 Å². The highest BCUT2D eigenvalue weighted by atomic mass is 32.2. The molecular formula is C13H17NO3S. The molecule has 2 rings (SSSR count). The van der Waals surface area contributed by atoms with Gasteiger partial charge in [-0.15, -0.1) is 0 Å². The third kappa shape index (κ3) is 3.10. The lowest BCUT2D eigenvalue weighted by atomic mass is 10.0. The monoisotopic (exact) mass is 267 g/mol. The van der Waals surface area contributed by atoms with Gasteiger partial charge in [0, 0.05) is 13.1 Å². The number of carbonyl (C=O) groups is 1. The minimum absolute atomic E-state index is 0.0501. The van der Waals surface area contributed by atoms with Crippen molar-refractivity contribution in [2.45, 2.75) is 17.7 Å². The fourth-order valence-corrected chi connectivity index (χ4v) is 4.02. The number of rotatable bonds is 4. The molecule has 18 heavy (non-hydrogen) atoms. The minimum atomic E-state index is -3.23. The van der Waals surface area contributed by atoms with Crippen LogP contribution in [-0.4, -0.2) is 38.6 Å². The summed E-state index contributed by atoms with van der Waals surface area (Å²) in [5.74, 6) is 0.176. The molecule has 0 spiro atoms. The minimum Gasteiger partial charge on any atom is -0.345 e. The van der Waals surface area contributed by atoms with Gasteiger partial charge in [-0.3, -0.25) is 4.79 Å². The van der Waals surface area contributed by atoms with Gasteiger partial charge in [0.05, 0.1) is 10.6 Å². The summed E-state index contributed by atoms with van der Waals surface area (Å²) in [6, 6.07) is 8.50. The lowest BCUT2D eigenvalue weighted by Gasteiger charge is -2.29. The van der Waals surface area contributed by atoms with Crippen LogP contribution in [0.2, 0.25) is 0 Å². The van der Waals surface area contributed by atoms with Crippen LogP contribution in [0.4, 0.5) is 0 Å². The van der Waals surface area contributed by atoms with Crippen molar-refractivity contribution in [2.24, 2.45) is 5.92 Å². The van der Waals surface area contributed by atoms with Crippen LogP contribution in [0.5, 0.6) is 0 Å². The van der Waals surface area contributed by atoms with Crippen LogP contribution in [0.15, 0.2) is 35.2 Å². The first kappa shape index (κ1) is 13.1. The highest BCUT2D eigenvalue weighted by Gasteiger charge is 2.25. The van der Waals surface area contributed by atoms with Crippen molar-refractivity contribution in [1.29, 1.82) is 0 Å². The van der Waals surface area contributed by atoms with E-state index in [1.165, 1.54) is 0 Å². The molecule has 1 aromatic carbocycles. The summed E-state index contributed by atoms with van der Waals surface area (Å²) in [6.45, 7) is 1.29. The van der Waals surface area contributed by atoms with Crippen molar-refractivity contribution >= 4 is 16.2 Å². The second kappa shape index (κ2) is 5.52. The summed E-state index contributed by atoms with van der Waals surface area (Å²) < 4.78 is 24.4. The van der Waals surface area contributed by atoms with Gasteiger partial charge >= 0.3 is 0 Å². The highest BCUT2D eigenvalue weighted by Crippen LogP contribution is 2.20. The van der Waals surface area contributed by atoms with Gasteiger partial charge in [0.15, 0.2) is 9.84 Å². The molecule has 1 amide bonds. The molecular weight excluding hydrogens is 250 g/mol. The van der Waals surface area contributed by atoms with Crippen molar-refractivity contribution in [3.63, 3.8) is 0 Å². The molecule has 1 fully saturated rings. The van der Waals surface area contributed by atoms with E-state index in [2.05, 4.69) is 0 Å². The molecule has 1 atom stereocenters. The molecule has 0 N–H and O–H groups in total. The average molecular weight is 267 g/mol. The molecule has 1 saturated heterocycles. The Morgan fingerprint density at radius 3 is 2.67 bits per heavy atom. The van der Waals surface area contributed by atoms with Gasteiger partial charge < -0.3 is 4.90 Å². The third-order valence-electron chi connectivity index (χ3n) is 3.26. The van der Waals surface area contributed by atoms with Crippen LogP contribution in [0.3, 0.4) is 0 Å². The number of hydrogen-bond acceptors (Lipinski definition) is 3. The smallest absolute Gasteiger partial charge is 0.209 e. The van der Waals surface area contributed by atoms with Crippen molar-refractivity contribution < 1.29 is 13.2 Å². The van der Waals surface area contributed by atoms with Gasteiger partial charge in [0.1, 0.15) is 0 Å². The number of nitrogens with zero attached hydrogens (tertiary/aromatic N) is 1. The first-order chi connectivity index (χ1) is 8.62. The molecule has 5 heteroatoms. The van der Waals surface area contributed by atoms with Crippen LogP contribution in [0.25, 0.3) is 0 Å². The number of amides is 1. The van der Waals surface area contributed by atoms with Crippen molar-refractivity contribution in [2.75, 3.05) is 18.8 Å². The van der Waals surface area contributed by atoms with Crippen molar-refractivity contribution in [3.8, 4) is 0 Å². The van der Waals surface area contributed by atoms with E-state index in [1.54, 1.807) is 35.2 Å². The first-order valence-electron chi connectivity index (χ1n) is 6.09. The van der Waals surface area contributed by atoms with E-state index in [0.29, 0.717) is 11.4 Å². The predicted octanol–water partition coefficient (Wildman–Crippen LogP) is 1.33. The molecule has 1 aromatic rings. The Balaban J connectivity index is 2.07. The molecule has 0 saturated carbocycles. The number of hydrogen-bond donors (Lipinski definition) is 0. The van der Waals surface area contributed by atoms with Gasteiger partial charge in [0.25, 0.3) is 0 Å². The van der Waals surface area contributed by atoms with Crippen LogP contribution >= 0.6 is 0 Å². The maximum Gasteiger partial charge on any atom is 0.209 e. The zero-order valence-electron chi connectivity index (χ0n) is 10.2. The van der Waals surface area contributed by atoms with E-state index in [1.807, 2.05) is 0 Å². The van der Waals surface area contributed by atoms with Crippen molar-refractivity contribution in [3.05, 3.63) is 30.3 Å². The number of sulfone groups is 1. The molecule has 98 valence electrons. The van der Waals surface area contributed by atoms with Crippen LogP contribution in [0.1, 0.15) is 12.8 Å². The average Bonchev–Trinajstić information content (AvgIpc) is 2.39. The zero-order valence-corrected chi connectivity index (χ0v) is 11.0. The maximum absolute atomic E-state index is 12.2. The van der Waals surface area contributed by atoms with Gasteiger partial charge in [-0.25, -0.2) is 8.42 Å². The standard InChI is InChI=1S/C13H17NO3S/c15-11-14-8-4-5-12(9-14)10-18(16,17)13-6-2-1-3-7-13/h1-3,6-7,11-12H,4-5,8-10H2. The number of piperidine rings is 1. The molecule has 1 heterocycles. The van der Waals surface area contributed by atoms with Gasteiger partial charge in [-0.1, -0.05) is 18.2 Å². The summed E-state index contributed by atoms with van der Waals surface area (Å²) in [6.07, 6.45) is 2.56. The molecule has 1 aliphatic rings. The Morgan fingerprint density at radius 1 is 1.28 bits per heavy atom. The molecule has 1 aliphatic heterocycles. The molecule has 0 bridgehead atoms. The topological polar surface area (TPSA) is 54.5 Å². The first-order valence-corrected chi connectivity index (χ1v) is 7.74. The lowest BCUT2D eigenvalue weighted by molar-refractivity contribution is -0.119. The third-order valence-corrected chi connectivity index (χ3v) is 5.16. The van der Waals surface area contributed by atoms with Gasteiger partial charge in [-0.05, 0) is 30.9 Å². The summed E-state index contributed by atoms with van der Waals surface area (Å²) in [5, 5.41) is 0. The predicted molar refractivity (Wildman–Crippen MR) is 68.9 cm³/mol. The summed E-state index contributed by atoms with van der Waals surface area (Å²) in [7, 11) is -3.23. The quantitative estimate of drug-likeness (QED) is 0.773. The van der Waals surface area contributed by atoms with E-state index in [0.717, 1.165) is 25.8 Å². The summed E-state index contributed by atoms with van der Waals surface area (Å²) >= 11 is 0. The fraction of sp³-hybridized carbons (Fsp3) is 0.462. The largest absolute Gasteiger partial charge is 0.345 e. The van der Waals surface area contributed by atoms with Crippen LogP contribution < -0.4 is 0 Å². The van der Waals surface area contributed by atoms with E-state index in [-0.39, 0.29) is 11.7 Å².